The fourth-order valence-corrected chi connectivity index (χ4v) is 4.52. The summed E-state index contributed by atoms with van der Waals surface area (Å²) < 4.78 is 24.0. The highest BCUT2D eigenvalue weighted by Crippen LogP contribution is 2.43. The number of fused-ring (bicyclic) bond motifs is 1. The van der Waals surface area contributed by atoms with Crippen molar-refractivity contribution in [2.45, 2.75) is 12.5 Å². The average molecular weight is 426 g/mol. The van der Waals surface area contributed by atoms with Gasteiger partial charge in [-0.15, -0.1) is 11.3 Å². The molecular weight excluding hydrogens is 406 g/mol. The van der Waals surface area contributed by atoms with Gasteiger partial charge in [-0.2, -0.15) is 0 Å². The van der Waals surface area contributed by atoms with E-state index in [1.165, 1.54) is 4.88 Å². The summed E-state index contributed by atoms with van der Waals surface area (Å²) in [6.45, 7) is 4.83. The molecule has 2 aliphatic heterocycles. The molecule has 0 radical (unpaired) electrons. The lowest BCUT2D eigenvalue weighted by Crippen LogP contribution is -2.37. The standard InChI is InChI=1S/C18H20BrNO4S/c19-17-5-4-16(25-17)13(6-7-20-8-10-21-11-9-20)24-15-3-1-2-14-18(15)23-12-22-14/h1-5,13H,6-12H2. The predicted octanol–water partition coefficient (Wildman–Crippen LogP) is 4.08. The number of halogens is 1. The molecule has 25 heavy (non-hydrogen) atoms. The van der Waals surface area contributed by atoms with Crippen molar-refractivity contribution < 1.29 is 18.9 Å². The summed E-state index contributed by atoms with van der Waals surface area (Å²) in [7, 11) is 0. The van der Waals surface area contributed by atoms with E-state index in [4.69, 9.17) is 18.9 Å². The molecule has 2 aliphatic rings. The van der Waals surface area contributed by atoms with Crippen LogP contribution >= 0.6 is 27.3 Å². The molecule has 1 atom stereocenters. The van der Waals surface area contributed by atoms with Gasteiger partial charge in [-0.05, 0) is 40.2 Å². The van der Waals surface area contributed by atoms with Gasteiger partial charge in [0.05, 0.1) is 17.0 Å². The van der Waals surface area contributed by atoms with Gasteiger partial charge in [0.15, 0.2) is 11.5 Å². The van der Waals surface area contributed by atoms with Gasteiger partial charge in [-0.1, -0.05) is 6.07 Å². The molecule has 134 valence electrons. The number of morpholine rings is 1. The summed E-state index contributed by atoms with van der Waals surface area (Å²) >= 11 is 5.27. The van der Waals surface area contributed by atoms with Crippen molar-refractivity contribution in [2.75, 3.05) is 39.6 Å². The maximum atomic E-state index is 6.37. The van der Waals surface area contributed by atoms with Crippen molar-refractivity contribution in [2.24, 2.45) is 0 Å². The zero-order valence-electron chi connectivity index (χ0n) is 13.8. The number of hydrogen-bond donors (Lipinski definition) is 0. The SMILES string of the molecule is Brc1ccc(C(CCN2CCOCC2)Oc2cccc3c2OCO3)s1. The summed E-state index contributed by atoms with van der Waals surface area (Å²) in [6, 6.07) is 9.98. The molecule has 0 amide bonds. The van der Waals surface area contributed by atoms with Crippen LogP contribution in [0, 0.1) is 0 Å². The summed E-state index contributed by atoms with van der Waals surface area (Å²) in [5, 5.41) is 0. The van der Waals surface area contributed by atoms with Gasteiger partial charge in [-0.3, -0.25) is 4.90 Å². The van der Waals surface area contributed by atoms with Crippen LogP contribution in [-0.2, 0) is 4.74 Å². The summed E-state index contributed by atoms with van der Waals surface area (Å²) in [6.07, 6.45) is 0.896. The Morgan fingerprint density at radius 3 is 2.84 bits per heavy atom. The minimum atomic E-state index is -0.0187. The van der Waals surface area contributed by atoms with E-state index in [1.54, 1.807) is 11.3 Å². The molecule has 7 heteroatoms. The Hall–Kier alpha value is -1.28. The highest BCUT2D eigenvalue weighted by atomic mass is 79.9. The number of nitrogens with zero attached hydrogens (tertiary/aromatic N) is 1. The van der Waals surface area contributed by atoms with E-state index in [9.17, 15) is 0 Å². The first kappa shape index (κ1) is 17.1. The molecular formula is C18H20BrNO4S. The maximum Gasteiger partial charge on any atom is 0.231 e. The van der Waals surface area contributed by atoms with Gasteiger partial charge in [-0.25, -0.2) is 0 Å². The fourth-order valence-electron chi connectivity index (χ4n) is 3.03. The minimum absolute atomic E-state index is 0.0187. The van der Waals surface area contributed by atoms with Gasteiger partial charge in [0.25, 0.3) is 0 Å². The van der Waals surface area contributed by atoms with Crippen molar-refractivity contribution in [3.8, 4) is 17.2 Å². The Bertz CT molecular complexity index is 717. The summed E-state index contributed by atoms with van der Waals surface area (Å²) in [5.41, 5.74) is 0. The van der Waals surface area contributed by atoms with Crippen LogP contribution in [0.15, 0.2) is 34.1 Å². The molecule has 0 saturated carbocycles. The van der Waals surface area contributed by atoms with Crippen LogP contribution < -0.4 is 14.2 Å². The Morgan fingerprint density at radius 2 is 2.04 bits per heavy atom. The Labute approximate surface area is 159 Å². The van der Waals surface area contributed by atoms with E-state index in [2.05, 4.69) is 33.0 Å². The second-order valence-corrected chi connectivity index (χ2v) is 8.48. The molecule has 1 unspecified atom stereocenters. The van der Waals surface area contributed by atoms with Crippen molar-refractivity contribution in [3.05, 3.63) is 39.0 Å². The minimum Gasteiger partial charge on any atom is -0.481 e. The number of ether oxygens (including phenoxy) is 4. The van der Waals surface area contributed by atoms with Crippen molar-refractivity contribution in [1.82, 2.24) is 4.90 Å². The summed E-state index contributed by atoms with van der Waals surface area (Å²) in [4.78, 5) is 3.63. The quantitative estimate of drug-likeness (QED) is 0.696. The first-order chi connectivity index (χ1) is 12.3. The number of hydrogen-bond acceptors (Lipinski definition) is 6. The van der Waals surface area contributed by atoms with Crippen LogP contribution in [0.25, 0.3) is 0 Å². The molecule has 2 aromatic rings. The Kier molecular flexibility index (Phi) is 5.45. The first-order valence-electron chi connectivity index (χ1n) is 8.40. The summed E-state index contributed by atoms with van der Waals surface area (Å²) in [5.74, 6) is 2.19. The third-order valence-corrected chi connectivity index (χ3v) is 6.07. The Balaban J connectivity index is 1.50. The van der Waals surface area contributed by atoms with Gasteiger partial charge in [0, 0.05) is 30.9 Å². The number of thiophene rings is 1. The maximum absolute atomic E-state index is 6.37. The molecule has 3 heterocycles. The molecule has 0 N–H and O–H groups in total. The second kappa shape index (κ2) is 7.95. The van der Waals surface area contributed by atoms with Crippen LogP contribution in [0.2, 0.25) is 0 Å². The van der Waals surface area contributed by atoms with E-state index in [0.717, 1.165) is 54.6 Å². The number of benzene rings is 1. The van der Waals surface area contributed by atoms with Gasteiger partial charge >= 0.3 is 0 Å². The third kappa shape index (κ3) is 4.11. The van der Waals surface area contributed by atoms with E-state index < -0.39 is 0 Å². The van der Waals surface area contributed by atoms with E-state index in [-0.39, 0.29) is 12.9 Å². The third-order valence-electron chi connectivity index (χ3n) is 4.35. The predicted molar refractivity (Wildman–Crippen MR) is 99.8 cm³/mol. The van der Waals surface area contributed by atoms with E-state index in [1.807, 2.05) is 18.2 Å². The first-order valence-corrected chi connectivity index (χ1v) is 10.0. The molecule has 1 saturated heterocycles. The molecule has 0 bridgehead atoms. The fraction of sp³-hybridized carbons (Fsp3) is 0.444. The molecule has 0 spiro atoms. The number of rotatable bonds is 6. The molecule has 1 aromatic carbocycles. The van der Waals surface area contributed by atoms with Gasteiger partial charge in [0.2, 0.25) is 12.5 Å². The van der Waals surface area contributed by atoms with Crippen LogP contribution in [0.3, 0.4) is 0 Å². The van der Waals surface area contributed by atoms with E-state index in [0.29, 0.717) is 5.75 Å². The molecule has 4 rings (SSSR count). The smallest absolute Gasteiger partial charge is 0.231 e. The second-order valence-electron chi connectivity index (χ2n) is 5.98. The van der Waals surface area contributed by atoms with Crippen LogP contribution in [0.1, 0.15) is 17.4 Å². The normalized spacial score (nSPS) is 18.3. The van der Waals surface area contributed by atoms with Crippen LogP contribution in [0.5, 0.6) is 17.2 Å². The molecule has 1 aromatic heterocycles. The van der Waals surface area contributed by atoms with Gasteiger partial charge < -0.3 is 18.9 Å². The number of para-hydroxylation sites is 1. The van der Waals surface area contributed by atoms with Gasteiger partial charge in [0.1, 0.15) is 6.10 Å². The Morgan fingerprint density at radius 1 is 1.16 bits per heavy atom. The lowest BCUT2D eigenvalue weighted by molar-refractivity contribution is 0.0317. The lowest BCUT2D eigenvalue weighted by Gasteiger charge is -2.28. The van der Waals surface area contributed by atoms with Crippen LogP contribution in [-0.4, -0.2) is 44.5 Å². The average Bonchev–Trinajstić information content (AvgIpc) is 3.28. The molecule has 1 fully saturated rings. The lowest BCUT2D eigenvalue weighted by atomic mass is 10.2. The molecule has 0 aliphatic carbocycles. The zero-order chi connectivity index (χ0) is 17.1. The van der Waals surface area contributed by atoms with Crippen molar-refractivity contribution in [3.63, 3.8) is 0 Å². The molecule has 5 nitrogen and oxygen atoms in total. The highest BCUT2D eigenvalue weighted by Gasteiger charge is 2.24. The van der Waals surface area contributed by atoms with E-state index >= 15 is 0 Å². The topological polar surface area (TPSA) is 40.2 Å². The highest BCUT2D eigenvalue weighted by molar-refractivity contribution is 9.11. The van der Waals surface area contributed by atoms with Crippen LogP contribution in [0.4, 0.5) is 0 Å². The van der Waals surface area contributed by atoms with Crippen molar-refractivity contribution >= 4 is 27.3 Å². The monoisotopic (exact) mass is 425 g/mol. The van der Waals surface area contributed by atoms with Crippen molar-refractivity contribution in [1.29, 1.82) is 0 Å². The largest absolute Gasteiger partial charge is 0.481 e. The zero-order valence-corrected chi connectivity index (χ0v) is 16.2.